The second kappa shape index (κ2) is 4.17. The van der Waals surface area contributed by atoms with E-state index >= 15 is 0 Å². The van der Waals surface area contributed by atoms with Gasteiger partial charge in [0.25, 0.3) is 0 Å². The van der Waals surface area contributed by atoms with Crippen molar-refractivity contribution >= 4 is 5.78 Å². The zero-order valence-corrected chi connectivity index (χ0v) is 9.32. The molecule has 0 amide bonds. The number of Topliss-reactive ketones (excluding diaryl/α,β-unsaturated/α-hetero) is 1. The predicted molar refractivity (Wildman–Crippen MR) is 56.7 cm³/mol. The van der Waals surface area contributed by atoms with Crippen molar-refractivity contribution in [3.8, 4) is 0 Å². The summed E-state index contributed by atoms with van der Waals surface area (Å²) >= 11 is 0. The van der Waals surface area contributed by atoms with Gasteiger partial charge >= 0.3 is 0 Å². The van der Waals surface area contributed by atoms with Gasteiger partial charge in [-0.15, -0.1) is 0 Å². The van der Waals surface area contributed by atoms with Crippen LogP contribution in [0.1, 0.15) is 49.0 Å². The first-order chi connectivity index (χ1) is 7.16. The molecular weight excluding hydrogens is 190 g/mol. The summed E-state index contributed by atoms with van der Waals surface area (Å²) in [5.74, 6) is 1.57. The number of carbonyl (C=O) groups is 1. The number of hydrogen-bond acceptors (Lipinski definition) is 3. The van der Waals surface area contributed by atoms with Crippen LogP contribution in [0.4, 0.5) is 0 Å². The van der Waals surface area contributed by atoms with E-state index in [1.54, 1.807) is 6.92 Å². The third-order valence-corrected chi connectivity index (χ3v) is 3.18. The smallest absolute Gasteiger partial charge is 0.191 e. The van der Waals surface area contributed by atoms with Crippen molar-refractivity contribution in [2.45, 2.75) is 39.5 Å². The Morgan fingerprint density at radius 2 is 2.33 bits per heavy atom. The minimum atomic E-state index is 0.165. The third kappa shape index (κ3) is 2.28. The summed E-state index contributed by atoms with van der Waals surface area (Å²) in [4.78, 5) is 16.1. The van der Waals surface area contributed by atoms with E-state index in [-0.39, 0.29) is 11.7 Å². The molecule has 2 rings (SSSR count). The van der Waals surface area contributed by atoms with Gasteiger partial charge in [0.2, 0.25) is 0 Å². The Hall–Kier alpha value is -1.12. The fourth-order valence-corrected chi connectivity index (χ4v) is 2.36. The third-order valence-electron chi connectivity index (χ3n) is 3.18. The summed E-state index contributed by atoms with van der Waals surface area (Å²) in [7, 11) is 0. The molecule has 0 aromatic carbocycles. The molecule has 1 aromatic heterocycles. The molecule has 1 aromatic rings. The molecule has 3 nitrogen and oxygen atoms in total. The van der Waals surface area contributed by atoms with Crippen molar-refractivity contribution in [3.05, 3.63) is 17.8 Å². The van der Waals surface area contributed by atoms with Gasteiger partial charge in [-0.3, -0.25) is 4.79 Å². The molecule has 82 valence electrons. The number of carbonyl (C=O) groups excluding carboxylic acids is 1. The monoisotopic (exact) mass is 207 g/mol. The normalized spacial score (nSPS) is 26.5. The second-order valence-electron chi connectivity index (χ2n) is 4.58. The van der Waals surface area contributed by atoms with Gasteiger partial charge in [-0.1, -0.05) is 19.8 Å². The van der Waals surface area contributed by atoms with Crippen LogP contribution in [0.15, 0.2) is 10.7 Å². The van der Waals surface area contributed by atoms with Gasteiger partial charge in [-0.25, -0.2) is 4.98 Å². The standard InChI is InChI=1S/C12H17NO2/c1-8-4-3-5-10(6-8)12(14)11-7-15-9(2)13-11/h7-8,10H,3-6H2,1-2H3. The molecule has 1 aliphatic carbocycles. The maximum Gasteiger partial charge on any atom is 0.191 e. The van der Waals surface area contributed by atoms with Crippen molar-refractivity contribution in [2.75, 3.05) is 0 Å². The van der Waals surface area contributed by atoms with Crippen LogP contribution in [0.3, 0.4) is 0 Å². The maximum absolute atomic E-state index is 12.0. The van der Waals surface area contributed by atoms with E-state index in [0.29, 0.717) is 17.5 Å². The zero-order valence-electron chi connectivity index (χ0n) is 9.32. The molecule has 0 radical (unpaired) electrons. The van der Waals surface area contributed by atoms with E-state index in [0.717, 1.165) is 19.3 Å². The Balaban J connectivity index is 2.07. The number of rotatable bonds is 2. The van der Waals surface area contributed by atoms with Crippen molar-refractivity contribution in [3.63, 3.8) is 0 Å². The minimum Gasteiger partial charge on any atom is -0.449 e. The fourth-order valence-electron chi connectivity index (χ4n) is 2.36. The quantitative estimate of drug-likeness (QED) is 0.700. The van der Waals surface area contributed by atoms with Crippen molar-refractivity contribution in [2.24, 2.45) is 11.8 Å². The van der Waals surface area contributed by atoms with Crippen LogP contribution < -0.4 is 0 Å². The molecule has 3 heteroatoms. The van der Waals surface area contributed by atoms with Gasteiger partial charge in [-0.2, -0.15) is 0 Å². The molecule has 1 saturated carbocycles. The van der Waals surface area contributed by atoms with Crippen LogP contribution >= 0.6 is 0 Å². The van der Waals surface area contributed by atoms with Gasteiger partial charge in [-0.05, 0) is 18.8 Å². The van der Waals surface area contributed by atoms with Gasteiger partial charge in [0.1, 0.15) is 12.0 Å². The van der Waals surface area contributed by atoms with E-state index in [2.05, 4.69) is 11.9 Å². The molecule has 2 unspecified atom stereocenters. The Kier molecular flexibility index (Phi) is 2.89. The first kappa shape index (κ1) is 10.4. The highest BCUT2D eigenvalue weighted by atomic mass is 16.3. The number of aromatic nitrogens is 1. The molecule has 0 spiro atoms. The number of oxazole rings is 1. The van der Waals surface area contributed by atoms with Crippen molar-refractivity contribution < 1.29 is 9.21 Å². The highest BCUT2D eigenvalue weighted by molar-refractivity contribution is 5.95. The first-order valence-electron chi connectivity index (χ1n) is 5.63. The highest BCUT2D eigenvalue weighted by Gasteiger charge is 2.27. The van der Waals surface area contributed by atoms with Crippen LogP contribution in [0.2, 0.25) is 0 Å². The molecular formula is C12H17NO2. The molecule has 0 aliphatic heterocycles. The van der Waals surface area contributed by atoms with Gasteiger partial charge in [0, 0.05) is 12.8 Å². The zero-order chi connectivity index (χ0) is 10.8. The number of ketones is 1. The van der Waals surface area contributed by atoms with Crippen LogP contribution in [0, 0.1) is 18.8 Å². The fraction of sp³-hybridized carbons (Fsp3) is 0.667. The van der Waals surface area contributed by atoms with E-state index in [1.165, 1.54) is 12.7 Å². The SMILES string of the molecule is Cc1nc(C(=O)C2CCCC(C)C2)co1. The van der Waals surface area contributed by atoms with Gasteiger partial charge < -0.3 is 4.42 Å². The van der Waals surface area contributed by atoms with E-state index in [1.807, 2.05) is 0 Å². The Morgan fingerprint density at radius 3 is 2.93 bits per heavy atom. The molecule has 1 aliphatic rings. The Morgan fingerprint density at radius 1 is 1.53 bits per heavy atom. The summed E-state index contributed by atoms with van der Waals surface area (Å²) in [5.41, 5.74) is 0.506. The lowest BCUT2D eigenvalue weighted by molar-refractivity contribution is 0.0863. The lowest BCUT2D eigenvalue weighted by Gasteiger charge is -2.24. The largest absolute Gasteiger partial charge is 0.449 e. The average Bonchev–Trinajstić information content (AvgIpc) is 2.64. The lowest BCUT2D eigenvalue weighted by atomic mass is 9.80. The average molecular weight is 207 g/mol. The summed E-state index contributed by atoms with van der Waals surface area (Å²) in [5, 5.41) is 0. The highest BCUT2D eigenvalue weighted by Crippen LogP contribution is 2.30. The maximum atomic E-state index is 12.0. The molecule has 15 heavy (non-hydrogen) atoms. The van der Waals surface area contributed by atoms with Crippen molar-refractivity contribution in [1.82, 2.24) is 4.98 Å². The van der Waals surface area contributed by atoms with Crippen LogP contribution in [-0.4, -0.2) is 10.8 Å². The van der Waals surface area contributed by atoms with Crippen LogP contribution in [-0.2, 0) is 0 Å². The van der Waals surface area contributed by atoms with Gasteiger partial charge in [0.05, 0.1) is 0 Å². The molecule has 1 heterocycles. The number of aryl methyl sites for hydroxylation is 1. The topological polar surface area (TPSA) is 43.1 Å². The number of nitrogens with zero attached hydrogens (tertiary/aromatic N) is 1. The van der Waals surface area contributed by atoms with E-state index in [9.17, 15) is 4.79 Å². The number of hydrogen-bond donors (Lipinski definition) is 0. The van der Waals surface area contributed by atoms with Gasteiger partial charge in [0.15, 0.2) is 11.7 Å². The molecule has 2 atom stereocenters. The lowest BCUT2D eigenvalue weighted by Crippen LogP contribution is -2.22. The molecule has 0 saturated heterocycles. The van der Waals surface area contributed by atoms with Crippen LogP contribution in [0.25, 0.3) is 0 Å². The molecule has 0 N–H and O–H groups in total. The van der Waals surface area contributed by atoms with Crippen molar-refractivity contribution in [1.29, 1.82) is 0 Å². The molecule has 0 bridgehead atoms. The Bertz CT molecular complexity index is 356. The second-order valence-corrected chi connectivity index (χ2v) is 4.58. The summed E-state index contributed by atoms with van der Waals surface area (Å²) in [6.07, 6.45) is 5.91. The summed E-state index contributed by atoms with van der Waals surface area (Å²) < 4.78 is 5.07. The van der Waals surface area contributed by atoms with E-state index in [4.69, 9.17) is 4.42 Å². The first-order valence-corrected chi connectivity index (χ1v) is 5.63. The van der Waals surface area contributed by atoms with Crippen LogP contribution in [0.5, 0.6) is 0 Å². The molecule has 1 fully saturated rings. The summed E-state index contributed by atoms with van der Waals surface area (Å²) in [6.45, 7) is 3.98. The predicted octanol–water partition coefficient (Wildman–Crippen LogP) is 2.99. The van der Waals surface area contributed by atoms with E-state index < -0.39 is 0 Å². The summed E-state index contributed by atoms with van der Waals surface area (Å²) in [6, 6.07) is 0. The minimum absolute atomic E-state index is 0.165. The Labute approximate surface area is 89.9 Å².